The van der Waals surface area contributed by atoms with Gasteiger partial charge in [-0.3, -0.25) is 0 Å². The first-order chi connectivity index (χ1) is 9.20. The van der Waals surface area contributed by atoms with E-state index in [4.69, 9.17) is 21.1 Å². The smallest absolute Gasteiger partial charge is 0.337 e. The summed E-state index contributed by atoms with van der Waals surface area (Å²) in [5, 5.41) is 0.396. The molecule has 0 fully saturated rings. The fourth-order valence-electron chi connectivity index (χ4n) is 2.14. The first kappa shape index (κ1) is 12.0. The minimum atomic E-state index is -0.431. The number of carbonyl (C=O) groups is 1. The summed E-state index contributed by atoms with van der Waals surface area (Å²) in [6.07, 6.45) is 3.46. The number of imidazole rings is 1. The molecule has 0 unspecified atom stereocenters. The summed E-state index contributed by atoms with van der Waals surface area (Å²) in [6, 6.07) is 3.27. The summed E-state index contributed by atoms with van der Waals surface area (Å²) in [6.45, 7) is 1.20. The maximum absolute atomic E-state index is 11.6. The van der Waals surface area contributed by atoms with Crippen LogP contribution in [0.1, 0.15) is 10.4 Å². The zero-order chi connectivity index (χ0) is 13.4. The number of benzene rings is 1. The van der Waals surface area contributed by atoms with Gasteiger partial charge in [0.05, 0.1) is 42.5 Å². The lowest BCUT2D eigenvalue weighted by Crippen LogP contribution is -2.04. The van der Waals surface area contributed by atoms with Crippen molar-refractivity contribution < 1.29 is 14.3 Å². The Bertz CT molecular complexity index is 651. The van der Waals surface area contributed by atoms with Crippen molar-refractivity contribution in [3.05, 3.63) is 35.2 Å². The van der Waals surface area contributed by atoms with Gasteiger partial charge in [0.2, 0.25) is 0 Å². The number of ether oxygens (including phenoxy) is 2. The largest absolute Gasteiger partial charge is 0.489 e. The van der Waals surface area contributed by atoms with Crippen LogP contribution in [0, 0.1) is 0 Å². The third-order valence-electron chi connectivity index (χ3n) is 3.03. The van der Waals surface area contributed by atoms with E-state index in [0.717, 1.165) is 11.3 Å². The number of methoxy groups -OCH3 is 1. The van der Waals surface area contributed by atoms with E-state index >= 15 is 0 Å². The predicted octanol–water partition coefficient (Wildman–Crippen LogP) is 2.38. The molecule has 2 aromatic rings. The van der Waals surface area contributed by atoms with Crippen LogP contribution in [0.2, 0.25) is 5.02 Å². The van der Waals surface area contributed by atoms with Crippen LogP contribution in [-0.2, 0) is 11.3 Å². The zero-order valence-electron chi connectivity index (χ0n) is 10.2. The van der Waals surface area contributed by atoms with Crippen LogP contribution in [0.5, 0.6) is 5.75 Å². The highest BCUT2D eigenvalue weighted by Gasteiger charge is 2.21. The van der Waals surface area contributed by atoms with Crippen molar-refractivity contribution in [3.63, 3.8) is 0 Å². The standard InChI is InChI=1S/C13H11ClN2O3/c1-18-13(17)8-4-9-11-6-15-7-16(11)2-3-19-12(9)10(14)5-8/h4-7H,2-3H2,1H3. The molecule has 1 aliphatic heterocycles. The number of carbonyl (C=O) groups excluding carboxylic acids is 1. The first-order valence-electron chi connectivity index (χ1n) is 5.76. The van der Waals surface area contributed by atoms with Crippen molar-refractivity contribution >= 4 is 17.6 Å². The summed E-state index contributed by atoms with van der Waals surface area (Å²) in [7, 11) is 1.34. The Kier molecular flexibility index (Phi) is 2.91. The number of fused-ring (bicyclic) bond motifs is 3. The number of halogens is 1. The highest BCUT2D eigenvalue weighted by molar-refractivity contribution is 6.33. The van der Waals surface area contributed by atoms with Gasteiger partial charge in [-0.05, 0) is 12.1 Å². The minimum Gasteiger partial charge on any atom is -0.489 e. The molecule has 0 spiro atoms. The molecule has 0 bridgehead atoms. The minimum absolute atomic E-state index is 0.393. The first-order valence-corrected chi connectivity index (χ1v) is 6.13. The van der Waals surface area contributed by atoms with Gasteiger partial charge in [-0.2, -0.15) is 0 Å². The van der Waals surface area contributed by atoms with Crippen LogP contribution in [0.3, 0.4) is 0 Å². The fourth-order valence-corrected chi connectivity index (χ4v) is 2.41. The second-order valence-corrected chi connectivity index (χ2v) is 4.55. The van der Waals surface area contributed by atoms with Crippen molar-refractivity contribution in [2.45, 2.75) is 6.54 Å². The van der Waals surface area contributed by atoms with Gasteiger partial charge in [0, 0.05) is 5.56 Å². The Balaban J connectivity index is 2.23. The van der Waals surface area contributed by atoms with E-state index in [2.05, 4.69) is 4.98 Å². The maximum atomic E-state index is 11.6. The third kappa shape index (κ3) is 1.96. The Labute approximate surface area is 114 Å². The van der Waals surface area contributed by atoms with Crippen molar-refractivity contribution in [1.82, 2.24) is 9.55 Å². The molecule has 5 nitrogen and oxygen atoms in total. The average Bonchev–Trinajstić information content (AvgIpc) is 2.80. The number of rotatable bonds is 1. The highest BCUT2D eigenvalue weighted by atomic mass is 35.5. The van der Waals surface area contributed by atoms with Gasteiger partial charge in [-0.25, -0.2) is 9.78 Å². The summed E-state index contributed by atoms with van der Waals surface area (Å²) < 4.78 is 12.3. The number of esters is 1. The fraction of sp³-hybridized carbons (Fsp3) is 0.231. The van der Waals surface area contributed by atoms with Gasteiger partial charge < -0.3 is 14.0 Å². The van der Waals surface area contributed by atoms with E-state index in [0.29, 0.717) is 29.5 Å². The van der Waals surface area contributed by atoms with E-state index in [1.54, 1.807) is 24.7 Å². The highest BCUT2D eigenvalue weighted by Crippen LogP contribution is 2.39. The van der Waals surface area contributed by atoms with E-state index in [1.165, 1.54) is 7.11 Å². The van der Waals surface area contributed by atoms with E-state index < -0.39 is 5.97 Å². The van der Waals surface area contributed by atoms with Crippen LogP contribution in [0.25, 0.3) is 11.3 Å². The van der Waals surface area contributed by atoms with Crippen LogP contribution in [-0.4, -0.2) is 29.2 Å². The molecule has 0 saturated heterocycles. The number of nitrogens with zero attached hydrogens (tertiary/aromatic N) is 2. The number of aromatic nitrogens is 2. The molecular weight excluding hydrogens is 268 g/mol. The SMILES string of the molecule is COC(=O)c1cc(Cl)c2c(c1)-c1cncn1CCO2. The average molecular weight is 279 g/mol. The molecule has 0 saturated carbocycles. The second kappa shape index (κ2) is 4.59. The molecule has 0 aliphatic carbocycles. The van der Waals surface area contributed by atoms with Crippen LogP contribution in [0.15, 0.2) is 24.7 Å². The topological polar surface area (TPSA) is 53.3 Å². The van der Waals surface area contributed by atoms with E-state index in [-0.39, 0.29) is 0 Å². The van der Waals surface area contributed by atoms with E-state index in [1.807, 2.05) is 4.57 Å². The lowest BCUT2D eigenvalue weighted by Gasteiger charge is -2.10. The molecule has 0 radical (unpaired) electrons. The summed E-state index contributed by atoms with van der Waals surface area (Å²) in [5.41, 5.74) is 2.02. The van der Waals surface area contributed by atoms with Gasteiger partial charge in [0.15, 0.2) is 0 Å². The summed E-state index contributed by atoms with van der Waals surface area (Å²) in [4.78, 5) is 15.8. The molecule has 2 heterocycles. The molecule has 0 N–H and O–H groups in total. The maximum Gasteiger partial charge on any atom is 0.337 e. The Hall–Kier alpha value is -2.01. The van der Waals surface area contributed by atoms with Crippen molar-refractivity contribution in [3.8, 4) is 17.0 Å². The monoisotopic (exact) mass is 278 g/mol. The molecule has 6 heteroatoms. The Morgan fingerprint density at radius 3 is 3.16 bits per heavy atom. The summed E-state index contributed by atoms with van der Waals surface area (Å²) >= 11 is 6.19. The molecule has 1 aliphatic rings. The zero-order valence-corrected chi connectivity index (χ0v) is 11.0. The van der Waals surface area contributed by atoms with Gasteiger partial charge in [-0.15, -0.1) is 0 Å². The number of hydrogen-bond acceptors (Lipinski definition) is 4. The lowest BCUT2D eigenvalue weighted by molar-refractivity contribution is 0.0601. The lowest BCUT2D eigenvalue weighted by atomic mass is 10.1. The molecule has 98 valence electrons. The van der Waals surface area contributed by atoms with Crippen molar-refractivity contribution in [2.24, 2.45) is 0 Å². The van der Waals surface area contributed by atoms with Crippen molar-refractivity contribution in [2.75, 3.05) is 13.7 Å². The van der Waals surface area contributed by atoms with Crippen LogP contribution in [0.4, 0.5) is 0 Å². The summed E-state index contributed by atoms with van der Waals surface area (Å²) in [5.74, 6) is 0.147. The van der Waals surface area contributed by atoms with Gasteiger partial charge in [-0.1, -0.05) is 11.6 Å². The van der Waals surface area contributed by atoms with Crippen LogP contribution < -0.4 is 4.74 Å². The number of hydrogen-bond donors (Lipinski definition) is 0. The molecule has 0 atom stereocenters. The molecule has 1 aromatic carbocycles. The van der Waals surface area contributed by atoms with Crippen LogP contribution >= 0.6 is 11.6 Å². The van der Waals surface area contributed by atoms with Crippen molar-refractivity contribution in [1.29, 1.82) is 0 Å². The third-order valence-corrected chi connectivity index (χ3v) is 3.31. The molecule has 3 rings (SSSR count). The second-order valence-electron chi connectivity index (χ2n) is 4.15. The Morgan fingerprint density at radius 2 is 2.37 bits per heavy atom. The van der Waals surface area contributed by atoms with Gasteiger partial charge in [0.1, 0.15) is 12.4 Å². The molecule has 1 aromatic heterocycles. The molecular formula is C13H11ClN2O3. The quantitative estimate of drug-likeness (QED) is 0.752. The van der Waals surface area contributed by atoms with Gasteiger partial charge in [0.25, 0.3) is 0 Å². The Morgan fingerprint density at radius 1 is 1.53 bits per heavy atom. The van der Waals surface area contributed by atoms with Gasteiger partial charge >= 0.3 is 5.97 Å². The predicted molar refractivity (Wildman–Crippen MR) is 69.5 cm³/mol. The normalized spacial score (nSPS) is 12.9. The molecule has 19 heavy (non-hydrogen) atoms. The molecule has 0 amide bonds. The van der Waals surface area contributed by atoms with E-state index in [9.17, 15) is 4.79 Å².